The van der Waals surface area contributed by atoms with Gasteiger partial charge in [0.1, 0.15) is 17.1 Å². The van der Waals surface area contributed by atoms with E-state index < -0.39 is 0 Å². The molecule has 0 bridgehead atoms. The van der Waals surface area contributed by atoms with Gasteiger partial charge in [-0.25, -0.2) is 0 Å². The van der Waals surface area contributed by atoms with E-state index in [2.05, 4.69) is 0 Å². The van der Waals surface area contributed by atoms with Gasteiger partial charge in [-0.05, 0) is 26.2 Å². The quantitative estimate of drug-likeness (QED) is 0.806. The highest BCUT2D eigenvalue weighted by molar-refractivity contribution is 5.83. The number of phenols is 1. The molecule has 0 saturated heterocycles. The zero-order chi connectivity index (χ0) is 15.7. The molecule has 1 heterocycles. The Hall–Kier alpha value is -2.59. The van der Waals surface area contributed by atoms with Crippen LogP contribution in [0.25, 0.3) is 22.3 Å². The number of hydrogen-bond donors (Lipinski definition) is 1. The van der Waals surface area contributed by atoms with Crippen LogP contribution >= 0.6 is 0 Å². The molecule has 1 N–H and O–H groups in total. The van der Waals surface area contributed by atoms with E-state index in [1.807, 2.05) is 49.3 Å². The minimum absolute atomic E-state index is 0.111. The molecule has 3 aromatic rings. The Balaban J connectivity index is 2.29. The lowest BCUT2D eigenvalue weighted by atomic mass is 10.1. The molecular formula is C18H17NO3. The molecule has 0 saturated carbocycles. The number of aromatic hydroxyl groups is 1. The first kappa shape index (κ1) is 14.4. The lowest BCUT2D eigenvalue weighted by Gasteiger charge is -2.13. The van der Waals surface area contributed by atoms with Gasteiger partial charge in [0.05, 0.1) is 10.9 Å². The van der Waals surface area contributed by atoms with Crippen molar-refractivity contribution in [2.75, 3.05) is 14.1 Å². The summed E-state index contributed by atoms with van der Waals surface area (Å²) in [5.74, 6) is 0.637. The molecule has 0 aliphatic rings. The first-order valence-corrected chi connectivity index (χ1v) is 7.05. The summed E-state index contributed by atoms with van der Waals surface area (Å²) in [5, 5.41) is 10.6. The lowest BCUT2D eigenvalue weighted by Crippen LogP contribution is -2.12. The SMILES string of the molecule is CN(C)Cc1c(O)ccc2c(=O)cc(-c3ccccc3)oc12. The Kier molecular flexibility index (Phi) is 3.69. The van der Waals surface area contributed by atoms with E-state index in [1.165, 1.54) is 6.07 Å². The summed E-state index contributed by atoms with van der Waals surface area (Å²) in [6.07, 6.45) is 0. The normalized spacial score (nSPS) is 11.2. The molecule has 0 atom stereocenters. The average Bonchev–Trinajstić information content (AvgIpc) is 2.50. The van der Waals surface area contributed by atoms with Crippen molar-refractivity contribution in [3.05, 3.63) is 64.3 Å². The number of benzene rings is 2. The summed E-state index contributed by atoms with van der Waals surface area (Å²) in [4.78, 5) is 14.3. The second-order valence-corrected chi connectivity index (χ2v) is 5.52. The molecule has 112 valence electrons. The molecule has 0 amide bonds. The van der Waals surface area contributed by atoms with Gasteiger partial charge in [0.2, 0.25) is 0 Å². The Labute approximate surface area is 128 Å². The van der Waals surface area contributed by atoms with E-state index in [4.69, 9.17) is 4.42 Å². The van der Waals surface area contributed by atoms with E-state index in [0.29, 0.717) is 28.8 Å². The molecule has 0 unspecified atom stereocenters. The Morgan fingerprint density at radius 3 is 2.50 bits per heavy atom. The predicted molar refractivity (Wildman–Crippen MR) is 87.0 cm³/mol. The highest BCUT2D eigenvalue weighted by Gasteiger charge is 2.14. The Morgan fingerprint density at radius 2 is 1.82 bits per heavy atom. The molecule has 2 aromatic carbocycles. The van der Waals surface area contributed by atoms with E-state index >= 15 is 0 Å². The summed E-state index contributed by atoms with van der Waals surface area (Å²) in [6.45, 7) is 0.490. The highest BCUT2D eigenvalue weighted by Crippen LogP contribution is 2.29. The van der Waals surface area contributed by atoms with E-state index in [0.717, 1.165) is 5.56 Å². The van der Waals surface area contributed by atoms with Crippen molar-refractivity contribution in [3.63, 3.8) is 0 Å². The van der Waals surface area contributed by atoms with Crippen LogP contribution in [-0.4, -0.2) is 24.1 Å². The molecule has 0 aliphatic carbocycles. The van der Waals surface area contributed by atoms with Gasteiger partial charge < -0.3 is 14.4 Å². The number of hydrogen-bond acceptors (Lipinski definition) is 4. The van der Waals surface area contributed by atoms with Crippen LogP contribution in [0.15, 0.2) is 57.7 Å². The molecule has 0 spiro atoms. The van der Waals surface area contributed by atoms with Crippen LogP contribution in [-0.2, 0) is 6.54 Å². The van der Waals surface area contributed by atoms with E-state index in [9.17, 15) is 9.90 Å². The third-order valence-electron chi connectivity index (χ3n) is 3.51. The molecule has 3 rings (SSSR count). The maximum absolute atomic E-state index is 12.4. The Bertz CT molecular complexity index is 867. The maximum Gasteiger partial charge on any atom is 0.193 e. The summed E-state index contributed by atoms with van der Waals surface area (Å²) < 4.78 is 5.95. The molecular weight excluding hydrogens is 278 g/mol. The van der Waals surface area contributed by atoms with Crippen molar-refractivity contribution in [2.24, 2.45) is 0 Å². The third kappa shape index (κ3) is 2.61. The molecule has 22 heavy (non-hydrogen) atoms. The summed E-state index contributed by atoms with van der Waals surface area (Å²) in [6, 6.07) is 14.1. The fraction of sp³-hybridized carbons (Fsp3) is 0.167. The van der Waals surface area contributed by atoms with Gasteiger partial charge in [0.25, 0.3) is 0 Å². The van der Waals surface area contributed by atoms with Crippen molar-refractivity contribution in [3.8, 4) is 17.1 Å². The molecule has 0 radical (unpaired) electrons. The summed E-state index contributed by atoms with van der Waals surface area (Å²) in [7, 11) is 3.80. The summed E-state index contributed by atoms with van der Waals surface area (Å²) >= 11 is 0. The first-order valence-electron chi connectivity index (χ1n) is 7.05. The van der Waals surface area contributed by atoms with E-state index in [-0.39, 0.29) is 11.2 Å². The van der Waals surface area contributed by atoms with Gasteiger partial charge in [0, 0.05) is 18.2 Å². The minimum Gasteiger partial charge on any atom is -0.507 e. The van der Waals surface area contributed by atoms with Crippen LogP contribution in [0.2, 0.25) is 0 Å². The number of rotatable bonds is 3. The summed E-state index contributed by atoms with van der Waals surface area (Å²) in [5.41, 5.74) is 1.79. The van der Waals surface area contributed by atoms with Crippen LogP contribution in [0.4, 0.5) is 0 Å². The number of nitrogens with zero attached hydrogens (tertiary/aromatic N) is 1. The second-order valence-electron chi connectivity index (χ2n) is 5.52. The van der Waals surface area contributed by atoms with E-state index in [1.54, 1.807) is 12.1 Å². The number of phenolic OH excluding ortho intramolecular Hbond substituents is 1. The monoisotopic (exact) mass is 295 g/mol. The van der Waals surface area contributed by atoms with Crippen molar-refractivity contribution < 1.29 is 9.52 Å². The standard InChI is InChI=1S/C18H17NO3/c1-19(2)11-14-15(20)9-8-13-16(21)10-17(22-18(13)14)12-6-4-3-5-7-12/h3-10,20H,11H2,1-2H3. The fourth-order valence-corrected chi connectivity index (χ4v) is 2.48. The van der Waals surface area contributed by atoms with Gasteiger partial charge in [-0.1, -0.05) is 30.3 Å². The number of fused-ring (bicyclic) bond motifs is 1. The van der Waals surface area contributed by atoms with Crippen molar-refractivity contribution in [2.45, 2.75) is 6.54 Å². The van der Waals surface area contributed by atoms with Crippen LogP contribution < -0.4 is 5.43 Å². The van der Waals surface area contributed by atoms with Gasteiger partial charge in [-0.3, -0.25) is 4.79 Å². The molecule has 4 nitrogen and oxygen atoms in total. The van der Waals surface area contributed by atoms with Gasteiger partial charge in [-0.15, -0.1) is 0 Å². The lowest BCUT2D eigenvalue weighted by molar-refractivity contribution is 0.384. The predicted octanol–water partition coefficient (Wildman–Crippen LogP) is 3.23. The minimum atomic E-state index is -0.111. The molecule has 0 fully saturated rings. The van der Waals surface area contributed by atoms with Crippen molar-refractivity contribution in [1.29, 1.82) is 0 Å². The molecule has 0 aliphatic heterocycles. The van der Waals surface area contributed by atoms with Gasteiger partial charge >= 0.3 is 0 Å². The van der Waals surface area contributed by atoms with Crippen LogP contribution in [0, 0.1) is 0 Å². The zero-order valence-electron chi connectivity index (χ0n) is 12.5. The van der Waals surface area contributed by atoms with Crippen LogP contribution in [0.3, 0.4) is 0 Å². The molecule has 4 heteroatoms. The first-order chi connectivity index (χ1) is 10.6. The smallest absolute Gasteiger partial charge is 0.193 e. The van der Waals surface area contributed by atoms with Crippen molar-refractivity contribution >= 4 is 11.0 Å². The van der Waals surface area contributed by atoms with Crippen LogP contribution in [0.5, 0.6) is 5.75 Å². The van der Waals surface area contributed by atoms with Gasteiger partial charge in [-0.2, -0.15) is 0 Å². The van der Waals surface area contributed by atoms with Gasteiger partial charge in [0.15, 0.2) is 5.43 Å². The van der Waals surface area contributed by atoms with Crippen LogP contribution in [0.1, 0.15) is 5.56 Å². The highest BCUT2D eigenvalue weighted by atomic mass is 16.3. The maximum atomic E-state index is 12.4. The largest absolute Gasteiger partial charge is 0.507 e. The molecule has 1 aromatic heterocycles. The Morgan fingerprint density at radius 1 is 1.09 bits per heavy atom. The zero-order valence-corrected chi connectivity index (χ0v) is 12.5. The second kappa shape index (κ2) is 5.66. The third-order valence-corrected chi connectivity index (χ3v) is 3.51. The fourth-order valence-electron chi connectivity index (χ4n) is 2.48. The average molecular weight is 295 g/mol. The topological polar surface area (TPSA) is 53.7 Å². The van der Waals surface area contributed by atoms with Crippen molar-refractivity contribution in [1.82, 2.24) is 4.90 Å².